The fourth-order valence-electron chi connectivity index (χ4n) is 1.05. The molecule has 0 aliphatic rings. The molecule has 0 aliphatic heterocycles. The number of halogens is 3. The summed E-state index contributed by atoms with van der Waals surface area (Å²) in [6, 6.07) is 1.82. The van der Waals surface area contributed by atoms with E-state index in [1.807, 2.05) is 0 Å². The van der Waals surface area contributed by atoms with Crippen LogP contribution in [0.5, 0.6) is 0 Å². The quantitative estimate of drug-likeness (QED) is 0.795. The molecule has 0 amide bonds. The first-order chi connectivity index (χ1) is 6.57. The SMILES string of the molecule is COC(=O)C(N)c1c(F)cccc1F.Cl. The van der Waals surface area contributed by atoms with Crippen molar-refractivity contribution >= 4 is 18.4 Å². The first-order valence-corrected chi connectivity index (χ1v) is 3.85. The van der Waals surface area contributed by atoms with Crippen LogP contribution in [0.4, 0.5) is 8.78 Å². The van der Waals surface area contributed by atoms with Gasteiger partial charge in [0.2, 0.25) is 0 Å². The molecular formula is C9H10ClF2NO2. The number of ether oxygens (including phenoxy) is 1. The summed E-state index contributed by atoms with van der Waals surface area (Å²) < 4.78 is 30.4. The fraction of sp³-hybridized carbons (Fsp3) is 0.222. The van der Waals surface area contributed by atoms with Gasteiger partial charge in [0.1, 0.15) is 17.7 Å². The second-order valence-corrected chi connectivity index (χ2v) is 2.64. The molecule has 0 radical (unpaired) electrons. The molecule has 3 nitrogen and oxygen atoms in total. The van der Waals surface area contributed by atoms with Gasteiger partial charge in [0.15, 0.2) is 0 Å². The van der Waals surface area contributed by atoms with Crippen LogP contribution in [0.25, 0.3) is 0 Å². The first kappa shape index (κ1) is 13.8. The number of methoxy groups -OCH3 is 1. The second kappa shape index (κ2) is 5.63. The van der Waals surface area contributed by atoms with E-state index < -0.39 is 29.2 Å². The molecule has 0 aliphatic carbocycles. The van der Waals surface area contributed by atoms with E-state index in [1.165, 1.54) is 6.07 Å². The highest BCUT2D eigenvalue weighted by atomic mass is 35.5. The maximum absolute atomic E-state index is 13.1. The topological polar surface area (TPSA) is 52.3 Å². The summed E-state index contributed by atoms with van der Waals surface area (Å²) in [6.07, 6.45) is 0. The highest BCUT2D eigenvalue weighted by Gasteiger charge is 2.23. The molecule has 1 atom stereocenters. The van der Waals surface area contributed by atoms with Gasteiger partial charge in [-0.25, -0.2) is 8.78 Å². The van der Waals surface area contributed by atoms with E-state index >= 15 is 0 Å². The Morgan fingerprint density at radius 1 is 1.40 bits per heavy atom. The summed E-state index contributed by atoms with van der Waals surface area (Å²) in [7, 11) is 1.10. The summed E-state index contributed by atoms with van der Waals surface area (Å²) >= 11 is 0. The zero-order valence-corrected chi connectivity index (χ0v) is 8.68. The number of nitrogens with two attached hydrogens (primary N) is 1. The number of rotatable bonds is 2. The number of benzene rings is 1. The average Bonchev–Trinajstić information content (AvgIpc) is 2.16. The molecule has 0 saturated carbocycles. The van der Waals surface area contributed by atoms with Crippen molar-refractivity contribution in [3.63, 3.8) is 0 Å². The second-order valence-electron chi connectivity index (χ2n) is 2.64. The van der Waals surface area contributed by atoms with E-state index in [4.69, 9.17) is 5.73 Å². The van der Waals surface area contributed by atoms with Gasteiger partial charge >= 0.3 is 5.97 Å². The Morgan fingerprint density at radius 2 is 1.87 bits per heavy atom. The van der Waals surface area contributed by atoms with Gasteiger partial charge in [-0.15, -0.1) is 12.4 Å². The van der Waals surface area contributed by atoms with Crippen molar-refractivity contribution in [2.45, 2.75) is 6.04 Å². The number of hydrogen-bond acceptors (Lipinski definition) is 3. The van der Waals surface area contributed by atoms with Gasteiger partial charge < -0.3 is 10.5 Å². The lowest BCUT2D eigenvalue weighted by Gasteiger charge is -2.10. The van der Waals surface area contributed by atoms with Crippen LogP contribution in [-0.2, 0) is 9.53 Å². The van der Waals surface area contributed by atoms with Gasteiger partial charge in [-0.05, 0) is 12.1 Å². The van der Waals surface area contributed by atoms with Gasteiger partial charge in [0.05, 0.1) is 12.7 Å². The first-order valence-electron chi connectivity index (χ1n) is 3.85. The molecule has 1 aromatic rings. The van der Waals surface area contributed by atoms with Crippen molar-refractivity contribution in [3.05, 3.63) is 35.4 Å². The molecule has 0 aromatic heterocycles. The third-order valence-electron chi connectivity index (χ3n) is 1.77. The molecule has 0 saturated heterocycles. The number of esters is 1. The summed E-state index contributed by atoms with van der Waals surface area (Å²) in [5, 5.41) is 0. The Bertz CT molecular complexity index is 340. The molecule has 1 rings (SSSR count). The van der Waals surface area contributed by atoms with Crippen LogP contribution < -0.4 is 5.73 Å². The zero-order chi connectivity index (χ0) is 10.7. The lowest BCUT2D eigenvalue weighted by atomic mass is 10.1. The van der Waals surface area contributed by atoms with Crippen molar-refractivity contribution in [1.29, 1.82) is 0 Å². The Labute approximate surface area is 91.6 Å². The minimum Gasteiger partial charge on any atom is -0.468 e. The number of hydrogen-bond donors (Lipinski definition) is 1. The Kier molecular flexibility index (Phi) is 5.18. The third-order valence-corrected chi connectivity index (χ3v) is 1.77. The van der Waals surface area contributed by atoms with E-state index in [9.17, 15) is 13.6 Å². The van der Waals surface area contributed by atoms with E-state index in [1.54, 1.807) is 0 Å². The Balaban J connectivity index is 0.00000196. The molecule has 1 unspecified atom stereocenters. The van der Waals surface area contributed by atoms with Gasteiger partial charge in [-0.2, -0.15) is 0 Å². The summed E-state index contributed by atoms with van der Waals surface area (Å²) in [5.41, 5.74) is 4.82. The van der Waals surface area contributed by atoms with Crippen molar-refractivity contribution in [3.8, 4) is 0 Å². The zero-order valence-electron chi connectivity index (χ0n) is 7.87. The van der Waals surface area contributed by atoms with E-state index in [2.05, 4.69) is 4.74 Å². The summed E-state index contributed by atoms with van der Waals surface area (Å²) in [4.78, 5) is 10.9. The molecule has 6 heteroatoms. The van der Waals surface area contributed by atoms with Crippen molar-refractivity contribution in [1.82, 2.24) is 0 Å². The molecule has 0 bridgehead atoms. The molecular weight excluding hydrogens is 228 g/mol. The molecule has 1 aromatic carbocycles. The standard InChI is InChI=1S/C9H9F2NO2.ClH/c1-14-9(13)8(12)7-5(10)3-2-4-6(7)11;/h2-4,8H,12H2,1H3;1H. The minimum absolute atomic E-state index is 0. The van der Waals surface area contributed by atoms with Crippen molar-refractivity contribution in [2.24, 2.45) is 5.73 Å². The van der Waals surface area contributed by atoms with Crippen LogP contribution in [0.2, 0.25) is 0 Å². The van der Waals surface area contributed by atoms with E-state index in [0.717, 1.165) is 19.2 Å². The fourth-order valence-corrected chi connectivity index (χ4v) is 1.05. The van der Waals surface area contributed by atoms with E-state index in [0.29, 0.717) is 0 Å². The minimum atomic E-state index is -1.43. The Morgan fingerprint density at radius 3 is 2.27 bits per heavy atom. The van der Waals surface area contributed by atoms with Crippen LogP contribution in [0, 0.1) is 11.6 Å². The average molecular weight is 238 g/mol. The molecule has 0 fully saturated rings. The van der Waals surface area contributed by atoms with Gasteiger partial charge in [0, 0.05) is 0 Å². The number of carbonyl (C=O) groups is 1. The molecule has 0 heterocycles. The maximum atomic E-state index is 13.1. The van der Waals surface area contributed by atoms with E-state index in [-0.39, 0.29) is 12.4 Å². The van der Waals surface area contributed by atoms with Gasteiger partial charge in [-0.3, -0.25) is 4.79 Å². The molecule has 15 heavy (non-hydrogen) atoms. The predicted molar refractivity (Wildman–Crippen MR) is 52.6 cm³/mol. The normalized spacial score (nSPS) is 11.5. The third kappa shape index (κ3) is 2.87. The Hall–Kier alpha value is -1.20. The lowest BCUT2D eigenvalue weighted by molar-refractivity contribution is -0.142. The summed E-state index contributed by atoms with van der Waals surface area (Å²) in [5.74, 6) is -2.60. The largest absolute Gasteiger partial charge is 0.468 e. The highest BCUT2D eigenvalue weighted by Crippen LogP contribution is 2.19. The van der Waals surface area contributed by atoms with Crippen LogP contribution >= 0.6 is 12.4 Å². The van der Waals surface area contributed by atoms with Gasteiger partial charge in [-0.1, -0.05) is 6.07 Å². The maximum Gasteiger partial charge on any atom is 0.327 e. The highest BCUT2D eigenvalue weighted by molar-refractivity contribution is 5.85. The predicted octanol–water partition coefficient (Wildman–Crippen LogP) is 1.56. The molecule has 2 N–H and O–H groups in total. The van der Waals surface area contributed by atoms with Crippen molar-refractivity contribution in [2.75, 3.05) is 7.11 Å². The summed E-state index contributed by atoms with van der Waals surface area (Å²) in [6.45, 7) is 0. The number of carbonyl (C=O) groups excluding carboxylic acids is 1. The van der Waals surface area contributed by atoms with Crippen LogP contribution in [0.3, 0.4) is 0 Å². The lowest BCUT2D eigenvalue weighted by Crippen LogP contribution is -2.24. The van der Waals surface area contributed by atoms with Crippen LogP contribution in [-0.4, -0.2) is 13.1 Å². The smallest absolute Gasteiger partial charge is 0.327 e. The molecule has 0 spiro atoms. The van der Waals surface area contributed by atoms with Gasteiger partial charge in [0.25, 0.3) is 0 Å². The van der Waals surface area contributed by atoms with Crippen molar-refractivity contribution < 1.29 is 18.3 Å². The monoisotopic (exact) mass is 237 g/mol. The van der Waals surface area contributed by atoms with Crippen LogP contribution in [0.1, 0.15) is 11.6 Å². The molecule has 84 valence electrons. The van der Waals surface area contributed by atoms with Crippen LogP contribution in [0.15, 0.2) is 18.2 Å².